The smallest absolute Gasteiger partial charge is 0.305 e. The van der Waals surface area contributed by atoms with Gasteiger partial charge in [0.25, 0.3) is 0 Å². The lowest BCUT2D eigenvalue weighted by molar-refractivity contribution is -0.137. The first-order valence-corrected chi connectivity index (χ1v) is 6.80. The summed E-state index contributed by atoms with van der Waals surface area (Å²) < 4.78 is 0.876. The number of halogens is 1. The normalized spacial score (nSPS) is 12.1. The molecule has 1 amide bonds. The first-order chi connectivity index (χ1) is 9.49. The minimum atomic E-state index is -0.976. The molecule has 0 bridgehead atoms. The molecule has 0 aliphatic heterocycles. The van der Waals surface area contributed by atoms with Crippen molar-refractivity contribution in [2.24, 2.45) is 0 Å². The summed E-state index contributed by atoms with van der Waals surface area (Å²) in [6, 6.07) is 6.71. The number of carbonyl (C=O) groups is 2. The van der Waals surface area contributed by atoms with Gasteiger partial charge in [0.2, 0.25) is 5.91 Å². The number of aromatic nitrogens is 1. The van der Waals surface area contributed by atoms with Crippen LogP contribution in [0.3, 0.4) is 0 Å². The number of pyridine rings is 1. The highest BCUT2D eigenvalue weighted by atomic mass is 79.9. The van der Waals surface area contributed by atoms with Crippen LogP contribution in [0.2, 0.25) is 0 Å². The minimum Gasteiger partial charge on any atom is -0.481 e. The highest BCUT2D eigenvalue weighted by molar-refractivity contribution is 9.10. The molecule has 5 nitrogen and oxygen atoms in total. The summed E-state index contributed by atoms with van der Waals surface area (Å²) in [5.74, 6) is -1.25. The summed E-state index contributed by atoms with van der Waals surface area (Å²) in [6.45, 7) is 1.36. The van der Waals surface area contributed by atoms with E-state index in [0.717, 1.165) is 9.86 Å². The monoisotopic (exact) mass is 336 g/mol. The lowest BCUT2D eigenvalue weighted by Crippen LogP contribution is -2.28. The van der Waals surface area contributed by atoms with Crippen LogP contribution in [0.1, 0.15) is 24.9 Å². The molecule has 0 unspecified atom stereocenters. The van der Waals surface area contributed by atoms with Gasteiger partial charge < -0.3 is 10.4 Å². The molecule has 0 fully saturated rings. The van der Waals surface area contributed by atoms with E-state index in [1.165, 1.54) is 6.92 Å². The van der Waals surface area contributed by atoms with Crippen molar-refractivity contribution in [2.45, 2.75) is 19.4 Å². The maximum absolute atomic E-state index is 11.3. The maximum atomic E-state index is 11.3. The van der Waals surface area contributed by atoms with Crippen molar-refractivity contribution in [1.82, 2.24) is 10.3 Å². The lowest BCUT2D eigenvalue weighted by atomic mass is 10.00. The highest BCUT2D eigenvalue weighted by Gasteiger charge is 2.20. The fourth-order valence-corrected chi connectivity index (χ4v) is 2.55. The zero-order valence-corrected chi connectivity index (χ0v) is 12.3. The Hall–Kier alpha value is -1.95. The topological polar surface area (TPSA) is 79.3 Å². The number of fused-ring (bicyclic) bond motifs is 1. The van der Waals surface area contributed by atoms with E-state index in [1.54, 1.807) is 12.3 Å². The quantitative estimate of drug-likeness (QED) is 0.899. The van der Waals surface area contributed by atoms with Gasteiger partial charge in [0.15, 0.2) is 0 Å². The number of aliphatic carboxylic acids is 1. The van der Waals surface area contributed by atoms with Crippen molar-refractivity contribution in [3.63, 3.8) is 0 Å². The van der Waals surface area contributed by atoms with Gasteiger partial charge in [-0.1, -0.05) is 28.1 Å². The van der Waals surface area contributed by atoms with Crippen LogP contribution in [0.25, 0.3) is 10.9 Å². The molecule has 20 heavy (non-hydrogen) atoms. The van der Waals surface area contributed by atoms with Crippen molar-refractivity contribution in [3.8, 4) is 0 Å². The molecule has 0 saturated carbocycles. The van der Waals surface area contributed by atoms with Crippen LogP contribution in [0, 0.1) is 0 Å². The Kier molecular flexibility index (Phi) is 4.34. The largest absolute Gasteiger partial charge is 0.481 e. The molecule has 1 aromatic carbocycles. The van der Waals surface area contributed by atoms with E-state index in [-0.39, 0.29) is 12.3 Å². The van der Waals surface area contributed by atoms with Gasteiger partial charge >= 0.3 is 5.97 Å². The summed E-state index contributed by atoms with van der Waals surface area (Å²) in [5.41, 5.74) is 1.38. The van der Waals surface area contributed by atoms with Crippen molar-refractivity contribution in [3.05, 3.63) is 40.5 Å². The summed E-state index contributed by atoms with van der Waals surface area (Å²) in [4.78, 5) is 26.6. The molecule has 104 valence electrons. The van der Waals surface area contributed by atoms with Crippen LogP contribution in [0.5, 0.6) is 0 Å². The van der Waals surface area contributed by atoms with Gasteiger partial charge in [-0.2, -0.15) is 0 Å². The van der Waals surface area contributed by atoms with Crippen LogP contribution in [0.15, 0.2) is 34.9 Å². The predicted octanol–water partition coefficient (Wildman–Crippen LogP) is 2.65. The molecule has 1 heterocycles. The molecule has 0 saturated heterocycles. The van der Waals surface area contributed by atoms with E-state index < -0.39 is 12.0 Å². The molecule has 0 aliphatic carbocycles. The number of nitrogens with one attached hydrogen (secondary N) is 1. The van der Waals surface area contributed by atoms with E-state index in [0.29, 0.717) is 11.1 Å². The first kappa shape index (κ1) is 14.5. The van der Waals surface area contributed by atoms with Gasteiger partial charge in [0.1, 0.15) is 0 Å². The van der Waals surface area contributed by atoms with Crippen LogP contribution in [0.4, 0.5) is 0 Å². The van der Waals surface area contributed by atoms with Crippen LogP contribution in [-0.2, 0) is 9.59 Å². The molecular formula is C14H13BrN2O3. The molecule has 2 N–H and O–H groups in total. The number of hydrogen-bond acceptors (Lipinski definition) is 3. The number of carbonyl (C=O) groups excluding carboxylic acids is 1. The third-order valence-corrected chi connectivity index (χ3v) is 3.57. The van der Waals surface area contributed by atoms with Crippen molar-refractivity contribution < 1.29 is 14.7 Å². The van der Waals surface area contributed by atoms with Gasteiger partial charge in [0.05, 0.1) is 18.0 Å². The van der Waals surface area contributed by atoms with Gasteiger partial charge in [-0.05, 0) is 12.1 Å². The number of carboxylic acids is 1. The first-order valence-electron chi connectivity index (χ1n) is 6.01. The molecule has 0 aliphatic rings. The third-order valence-electron chi connectivity index (χ3n) is 2.88. The van der Waals surface area contributed by atoms with E-state index in [9.17, 15) is 9.59 Å². The number of benzene rings is 1. The van der Waals surface area contributed by atoms with Gasteiger partial charge in [0, 0.05) is 28.5 Å². The molecule has 2 rings (SSSR count). The predicted molar refractivity (Wildman–Crippen MR) is 78.3 cm³/mol. The molecule has 1 atom stereocenters. The Morgan fingerprint density at radius 1 is 1.40 bits per heavy atom. The van der Waals surface area contributed by atoms with Crippen LogP contribution >= 0.6 is 15.9 Å². The Bertz CT molecular complexity index is 657. The average molecular weight is 337 g/mol. The van der Waals surface area contributed by atoms with Crippen molar-refractivity contribution in [2.75, 3.05) is 0 Å². The fourth-order valence-electron chi connectivity index (χ4n) is 2.10. The molecule has 0 radical (unpaired) electrons. The van der Waals surface area contributed by atoms with E-state index in [1.807, 2.05) is 18.2 Å². The second-order valence-corrected chi connectivity index (χ2v) is 5.24. The Balaban J connectivity index is 2.55. The Labute approximate surface area is 124 Å². The zero-order valence-electron chi connectivity index (χ0n) is 10.8. The number of carboxylic acid groups (broad SMARTS) is 1. The van der Waals surface area contributed by atoms with Crippen molar-refractivity contribution in [1.29, 1.82) is 0 Å². The summed E-state index contributed by atoms with van der Waals surface area (Å²) >= 11 is 3.44. The summed E-state index contributed by atoms with van der Waals surface area (Å²) in [7, 11) is 0. The summed E-state index contributed by atoms with van der Waals surface area (Å²) in [6.07, 6.45) is 1.46. The van der Waals surface area contributed by atoms with E-state index >= 15 is 0 Å². The maximum Gasteiger partial charge on any atom is 0.305 e. The van der Waals surface area contributed by atoms with Crippen LogP contribution in [-0.4, -0.2) is 22.0 Å². The minimum absolute atomic E-state index is 0.188. The SMILES string of the molecule is CC(=O)N[C@H](CC(=O)O)c1ccc(Br)c2cccnc12. The van der Waals surface area contributed by atoms with Gasteiger partial charge in [-0.25, -0.2) is 0 Å². The molecule has 1 aromatic heterocycles. The Morgan fingerprint density at radius 2 is 2.15 bits per heavy atom. The summed E-state index contributed by atoms with van der Waals surface area (Å²) in [5, 5.41) is 12.5. The standard InChI is InChI=1S/C14H13BrN2O3/c1-8(18)17-12(7-13(19)20)10-4-5-11(15)9-3-2-6-16-14(9)10/h2-6,12H,7H2,1H3,(H,17,18)(H,19,20)/t12-/m1/s1. The second kappa shape index (κ2) is 6.00. The number of nitrogens with zero attached hydrogens (tertiary/aromatic N) is 1. The highest BCUT2D eigenvalue weighted by Crippen LogP contribution is 2.30. The molecule has 2 aromatic rings. The fraction of sp³-hybridized carbons (Fsp3) is 0.214. The average Bonchev–Trinajstić information content (AvgIpc) is 2.37. The second-order valence-electron chi connectivity index (χ2n) is 4.39. The lowest BCUT2D eigenvalue weighted by Gasteiger charge is -2.18. The third kappa shape index (κ3) is 3.14. The Morgan fingerprint density at radius 3 is 2.80 bits per heavy atom. The number of rotatable bonds is 4. The van der Waals surface area contributed by atoms with Crippen molar-refractivity contribution >= 4 is 38.7 Å². The zero-order chi connectivity index (χ0) is 14.7. The van der Waals surface area contributed by atoms with Crippen LogP contribution < -0.4 is 5.32 Å². The van der Waals surface area contributed by atoms with E-state index in [4.69, 9.17) is 5.11 Å². The molecular weight excluding hydrogens is 324 g/mol. The molecule has 0 spiro atoms. The number of hydrogen-bond donors (Lipinski definition) is 2. The van der Waals surface area contributed by atoms with Gasteiger partial charge in [-0.3, -0.25) is 14.6 Å². The van der Waals surface area contributed by atoms with Gasteiger partial charge in [-0.15, -0.1) is 0 Å². The number of amides is 1. The molecule has 6 heteroatoms. The van der Waals surface area contributed by atoms with E-state index in [2.05, 4.69) is 26.2 Å².